The normalized spacial score (nSPS) is 16.6. The van der Waals surface area contributed by atoms with Gasteiger partial charge in [0.25, 0.3) is 11.0 Å². The topological polar surface area (TPSA) is 81.9 Å². The zero-order valence-corrected chi connectivity index (χ0v) is 23.7. The molecule has 1 saturated heterocycles. The van der Waals surface area contributed by atoms with Gasteiger partial charge in [0, 0.05) is 24.6 Å². The molecule has 2 atom stereocenters. The van der Waals surface area contributed by atoms with Crippen LogP contribution in [0.2, 0.25) is 0 Å². The van der Waals surface area contributed by atoms with E-state index in [-0.39, 0.29) is 24.5 Å². The van der Waals surface area contributed by atoms with Crippen molar-refractivity contribution in [3.63, 3.8) is 0 Å². The summed E-state index contributed by atoms with van der Waals surface area (Å²) in [4.78, 5) is 30.4. The van der Waals surface area contributed by atoms with Gasteiger partial charge in [-0.15, -0.1) is 10.1 Å². The van der Waals surface area contributed by atoms with Crippen molar-refractivity contribution in [2.45, 2.75) is 31.7 Å². The summed E-state index contributed by atoms with van der Waals surface area (Å²) in [7, 11) is 0. The summed E-state index contributed by atoms with van der Waals surface area (Å²) in [6.07, 6.45) is 0.559. The third-order valence-corrected chi connectivity index (χ3v) is 8.08. The minimum absolute atomic E-state index is 0.0856. The third kappa shape index (κ3) is 6.74. The maximum atomic E-state index is 13.6. The van der Waals surface area contributed by atoms with Gasteiger partial charge in [-0.2, -0.15) is 0 Å². The summed E-state index contributed by atoms with van der Waals surface area (Å²) >= 11 is 0. The van der Waals surface area contributed by atoms with Crippen LogP contribution < -0.4 is 0 Å². The Morgan fingerprint density at radius 2 is 1.49 bits per heavy atom. The van der Waals surface area contributed by atoms with Crippen LogP contribution in [0.5, 0.6) is 0 Å². The fourth-order valence-corrected chi connectivity index (χ4v) is 5.82. The number of carbonyl (C=O) groups excluding carboxylic acids is 1. The Morgan fingerprint density at radius 3 is 2.28 bits per heavy atom. The first-order chi connectivity index (χ1) is 21.0. The number of nitrogens with zero attached hydrogens (tertiary/aromatic N) is 2. The number of hydrogen-bond donors (Lipinski definition) is 0. The van der Waals surface area contributed by atoms with Crippen LogP contribution in [0.1, 0.15) is 39.4 Å². The number of piperidine rings is 1. The second-order valence-electron chi connectivity index (χ2n) is 10.9. The Kier molecular flexibility index (Phi) is 8.42. The second-order valence-corrected chi connectivity index (χ2v) is 10.9. The largest absolute Gasteiger partial charge is 0.371 e. The summed E-state index contributed by atoms with van der Waals surface area (Å²) in [5, 5.41) is 12.1. The van der Waals surface area contributed by atoms with Crippen molar-refractivity contribution in [3.8, 4) is 11.1 Å². The van der Waals surface area contributed by atoms with E-state index in [9.17, 15) is 14.9 Å². The molecule has 0 unspecified atom stereocenters. The zero-order chi connectivity index (χ0) is 29.6. The molecule has 0 bridgehead atoms. The molecule has 0 aliphatic carbocycles. The molecule has 0 radical (unpaired) electrons. The van der Waals surface area contributed by atoms with Crippen molar-refractivity contribution in [1.82, 2.24) is 4.90 Å². The molecule has 1 heterocycles. The number of amides is 1. The maximum Gasteiger partial charge on any atom is 0.294 e. The van der Waals surface area contributed by atoms with Crippen molar-refractivity contribution in [2.24, 2.45) is 0 Å². The highest BCUT2D eigenvalue weighted by molar-refractivity contribution is 5.94. The molecular weight excluding hydrogens is 540 g/mol. The Morgan fingerprint density at radius 1 is 0.767 bits per heavy atom. The van der Waals surface area contributed by atoms with Crippen LogP contribution in [0.3, 0.4) is 0 Å². The monoisotopic (exact) mass is 572 g/mol. The fourth-order valence-electron chi connectivity index (χ4n) is 5.82. The summed E-state index contributed by atoms with van der Waals surface area (Å²) in [5.74, 6) is 0.0346. The molecule has 0 spiro atoms. The molecule has 216 valence electrons. The SMILES string of the molecule is O=C(c1ccc(CO[N+](=O)[O-])cc1)N1CC[C@H](c2cccc(-c3ccccc3)c2)[C@@H](OCc2ccc3ccccc3c2)C1. The summed E-state index contributed by atoms with van der Waals surface area (Å²) in [6.45, 7) is 1.34. The lowest BCUT2D eigenvalue weighted by Gasteiger charge is -2.39. The minimum Gasteiger partial charge on any atom is -0.371 e. The first-order valence-corrected chi connectivity index (χ1v) is 14.4. The Labute approximate surface area is 250 Å². The van der Waals surface area contributed by atoms with Gasteiger partial charge in [0.1, 0.15) is 6.61 Å². The zero-order valence-electron chi connectivity index (χ0n) is 23.7. The van der Waals surface area contributed by atoms with Gasteiger partial charge in [-0.25, -0.2) is 0 Å². The van der Waals surface area contributed by atoms with Crippen molar-refractivity contribution in [3.05, 3.63) is 154 Å². The smallest absolute Gasteiger partial charge is 0.294 e. The van der Waals surface area contributed by atoms with E-state index in [0.717, 1.165) is 23.1 Å². The predicted octanol–water partition coefficient (Wildman–Crippen LogP) is 7.43. The molecule has 5 aromatic rings. The van der Waals surface area contributed by atoms with E-state index < -0.39 is 5.09 Å². The van der Waals surface area contributed by atoms with Gasteiger partial charge in [0.15, 0.2) is 0 Å². The maximum absolute atomic E-state index is 13.6. The predicted molar refractivity (Wildman–Crippen MR) is 166 cm³/mol. The van der Waals surface area contributed by atoms with Crippen molar-refractivity contribution in [1.29, 1.82) is 0 Å². The molecule has 1 aliphatic rings. The van der Waals surface area contributed by atoms with E-state index in [2.05, 4.69) is 71.6 Å². The van der Waals surface area contributed by atoms with E-state index in [4.69, 9.17) is 4.74 Å². The highest BCUT2D eigenvalue weighted by Crippen LogP contribution is 2.34. The van der Waals surface area contributed by atoms with Crippen LogP contribution in [0.15, 0.2) is 121 Å². The van der Waals surface area contributed by atoms with Crippen LogP contribution >= 0.6 is 0 Å². The molecule has 43 heavy (non-hydrogen) atoms. The van der Waals surface area contributed by atoms with Gasteiger partial charge < -0.3 is 14.5 Å². The van der Waals surface area contributed by atoms with Gasteiger partial charge in [-0.05, 0) is 63.2 Å². The highest BCUT2D eigenvalue weighted by Gasteiger charge is 2.34. The Balaban J connectivity index is 1.23. The van der Waals surface area contributed by atoms with Crippen LogP contribution in [0.4, 0.5) is 0 Å². The molecule has 6 rings (SSSR count). The lowest BCUT2D eigenvalue weighted by atomic mass is 9.85. The average molecular weight is 573 g/mol. The van der Waals surface area contributed by atoms with Gasteiger partial charge in [-0.1, -0.05) is 103 Å². The Hall–Kier alpha value is -5.01. The highest BCUT2D eigenvalue weighted by atomic mass is 16.9. The number of carbonyl (C=O) groups is 1. The standard InChI is InChI=1S/C36H32N2O5/c39-36(30-17-13-26(14-18-30)25-43-38(40)41)37-20-19-34(33-12-6-11-32(22-33)28-7-2-1-3-8-28)35(23-37)42-24-27-15-16-29-9-4-5-10-31(29)21-27/h1-18,21-22,34-35H,19-20,23-25H2/t34-,35+/m1/s1. The second kappa shape index (κ2) is 12.9. The van der Waals surface area contributed by atoms with Crippen LogP contribution in [-0.2, 0) is 22.8 Å². The van der Waals surface area contributed by atoms with E-state index in [1.165, 1.54) is 16.3 Å². The van der Waals surface area contributed by atoms with Crippen molar-refractivity contribution in [2.75, 3.05) is 13.1 Å². The number of rotatable bonds is 9. The molecular formula is C36H32N2O5. The number of fused-ring (bicyclic) bond motifs is 1. The van der Waals surface area contributed by atoms with Crippen molar-refractivity contribution < 1.29 is 19.5 Å². The fraction of sp³-hybridized carbons (Fsp3) is 0.194. The summed E-state index contributed by atoms with van der Waals surface area (Å²) in [5.41, 5.74) is 5.77. The summed E-state index contributed by atoms with van der Waals surface area (Å²) < 4.78 is 6.65. The number of ether oxygens (including phenoxy) is 1. The Bertz CT molecular complexity index is 1720. The molecule has 0 saturated carbocycles. The minimum atomic E-state index is -0.823. The first kappa shape index (κ1) is 28.1. The quantitative estimate of drug-likeness (QED) is 0.136. The molecule has 5 aromatic carbocycles. The van der Waals surface area contributed by atoms with E-state index in [1.54, 1.807) is 24.3 Å². The molecule has 7 heteroatoms. The number of benzene rings is 5. The van der Waals surface area contributed by atoms with E-state index in [1.807, 2.05) is 35.2 Å². The lowest BCUT2D eigenvalue weighted by Crippen LogP contribution is -2.46. The van der Waals surface area contributed by atoms with Gasteiger partial charge >= 0.3 is 0 Å². The number of hydrogen-bond acceptors (Lipinski definition) is 5. The van der Waals surface area contributed by atoms with Gasteiger partial charge in [0.05, 0.1) is 12.7 Å². The lowest BCUT2D eigenvalue weighted by molar-refractivity contribution is -0.763. The van der Waals surface area contributed by atoms with E-state index in [0.29, 0.717) is 30.8 Å². The van der Waals surface area contributed by atoms with Crippen LogP contribution in [0, 0.1) is 10.1 Å². The number of likely N-dealkylation sites (tertiary alicyclic amines) is 1. The van der Waals surface area contributed by atoms with Crippen LogP contribution in [-0.4, -0.2) is 35.1 Å². The first-order valence-electron chi connectivity index (χ1n) is 14.4. The summed E-state index contributed by atoms with van der Waals surface area (Å²) in [6, 6.07) is 40.4. The molecule has 1 fully saturated rings. The van der Waals surface area contributed by atoms with Gasteiger partial charge in [0.2, 0.25) is 0 Å². The van der Waals surface area contributed by atoms with Crippen LogP contribution in [0.25, 0.3) is 21.9 Å². The third-order valence-electron chi connectivity index (χ3n) is 8.08. The molecule has 0 aromatic heterocycles. The average Bonchev–Trinajstić information content (AvgIpc) is 3.06. The molecule has 0 N–H and O–H groups in total. The van der Waals surface area contributed by atoms with Gasteiger partial charge in [-0.3, -0.25) is 4.79 Å². The molecule has 1 amide bonds. The van der Waals surface area contributed by atoms with E-state index >= 15 is 0 Å². The van der Waals surface area contributed by atoms with Crippen molar-refractivity contribution >= 4 is 16.7 Å². The molecule has 1 aliphatic heterocycles. The molecule has 7 nitrogen and oxygen atoms in total.